The summed E-state index contributed by atoms with van der Waals surface area (Å²) in [6.45, 7) is 8.51. The van der Waals surface area contributed by atoms with Crippen LogP contribution >= 0.6 is 15.9 Å². The Hall–Kier alpha value is -1.10. The molecule has 0 spiro atoms. The molecular weight excluding hydrogens is 297 g/mol. The van der Waals surface area contributed by atoms with Gasteiger partial charge in [-0.1, -0.05) is 20.8 Å². The predicted molar refractivity (Wildman–Crippen MR) is 76.0 cm³/mol. The van der Waals surface area contributed by atoms with Gasteiger partial charge in [0.1, 0.15) is 5.82 Å². The average Bonchev–Trinajstić information content (AvgIpc) is 2.52. The van der Waals surface area contributed by atoms with E-state index in [2.05, 4.69) is 48.6 Å². The molecule has 1 unspecified atom stereocenters. The van der Waals surface area contributed by atoms with Crippen molar-refractivity contribution in [1.82, 2.24) is 9.55 Å². The molecule has 0 bridgehead atoms. The normalized spacial score (nSPS) is 14.1. The van der Waals surface area contributed by atoms with Crippen LogP contribution in [0.3, 0.4) is 0 Å². The zero-order valence-electron chi connectivity index (χ0n) is 11.0. The first-order chi connectivity index (χ1) is 8.21. The fraction of sp³-hybridized carbons (Fsp3) is 0.462. The van der Waals surface area contributed by atoms with E-state index in [4.69, 9.17) is 5.73 Å². The molecule has 1 aromatic heterocycles. The number of hydrogen-bond acceptors (Lipinski definition) is 2. The Kier molecular flexibility index (Phi) is 3.13. The topological polar surface area (TPSA) is 43.8 Å². The van der Waals surface area contributed by atoms with Crippen molar-refractivity contribution in [2.24, 2.45) is 5.41 Å². The Morgan fingerprint density at radius 3 is 2.56 bits per heavy atom. The summed E-state index contributed by atoms with van der Waals surface area (Å²) in [5, 5.41) is 0. The quantitative estimate of drug-likeness (QED) is 0.860. The van der Waals surface area contributed by atoms with Crippen molar-refractivity contribution < 1.29 is 4.39 Å². The highest BCUT2D eigenvalue weighted by atomic mass is 79.9. The first kappa shape index (κ1) is 13.3. The molecule has 0 aliphatic carbocycles. The second-order valence-electron chi connectivity index (χ2n) is 5.64. The van der Waals surface area contributed by atoms with Crippen molar-refractivity contribution >= 4 is 32.9 Å². The summed E-state index contributed by atoms with van der Waals surface area (Å²) in [6, 6.07) is 3.30. The summed E-state index contributed by atoms with van der Waals surface area (Å²) in [7, 11) is 0. The van der Waals surface area contributed by atoms with E-state index in [1.54, 1.807) is 6.07 Å². The molecule has 0 saturated heterocycles. The van der Waals surface area contributed by atoms with Gasteiger partial charge in [-0.25, -0.2) is 9.37 Å². The maximum absolute atomic E-state index is 13.5. The largest absolute Gasteiger partial charge is 0.369 e. The molecule has 1 aromatic carbocycles. The third-order valence-corrected chi connectivity index (χ3v) is 4.01. The molecule has 3 nitrogen and oxygen atoms in total. The van der Waals surface area contributed by atoms with Crippen LogP contribution in [0.25, 0.3) is 11.0 Å². The van der Waals surface area contributed by atoms with Gasteiger partial charge in [0.25, 0.3) is 0 Å². The van der Waals surface area contributed by atoms with Gasteiger partial charge in [0.2, 0.25) is 5.95 Å². The molecule has 5 heteroatoms. The number of nitrogen functional groups attached to an aromatic ring is 1. The van der Waals surface area contributed by atoms with Crippen molar-refractivity contribution in [3.63, 3.8) is 0 Å². The molecule has 2 N–H and O–H groups in total. The van der Waals surface area contributed by atoms with Crippen LogP contribution in [0.4, 0.5) is 10.3 Å². The average molecular weight is 314 g/mol. The van der Waals surface area contributed by atoms with Gasteiger partial charge in [-0.05, 0) is 34.3 Å². The van der Waals surface area contributed by atoms with Gasteiger partial charge < -0.3 is 10.3 Å². The van der Waals surface area contributed by atoms with Crippen molar-refractivity contribution in [3.05, 3.63) is 22.4 Å². The zero-order chi connectivity index (χ0) is 13.7. The van der Waals surface area contributed by atoms with E-state index in [1.165, 1.54) is 6.07 Å². The van der Waals surface area contributed by atoms with Crippen molar-refractivity contribution in [3.8, 4) is 0 Å². The fourth-order valence-corrected chi connectivity index (χ4v) is 2.23. The molecule has 98 valence electrons. The van der Waals surface area contributed by atoms with Crippen molar-refractivity contribution in [2.45, 2.75) is 33.7 Å². The number of imidazole rings is 1. The lowest BCUT2D eigenvalue weighted by atomic mass is 9.88. The Morgan fingerprint density at radius 2 is 2.00 bits per heavy atom. The number of benzene rings is 1. The maximum atomic E-state index is 13.5. The zero-order valence-corrected chi connectivity index (χ0v) is 12.5. The first-order valence-electron chi connectivity index (χ1n) is 5.84. The minimum absolute atomic E-state index is 0.0443. The van der Waals surface area contributed by atoms with Gasteiger partial charge in [-0.15, -0.1) is 0 Å². The Balaban J connectivity index is 2.71. The highest BCUT2D eigenvalue weighted by Crippen LogP contribution is 2.35. The predicted octanol–water partition coefficient (Wildman–Crippen LogP) is 4.13. The van der Waals surface area contributed by atoms with Crippen LogP contribution in [-0.4, -0.2) is 9.55 Å². The third-order valence-electron chi connectivity index (χ3n) is 3.40. The number of halogens is 2. The Labute approximate surface area is 114 Å². The lowest BCUT2D eigenvalue weighted by Crippen LogP contribution is -2.22. The summed E-state index contributed by atoms with van der Waals surface area (Å²) in [5.41, 5.74) is 7.45. The molecule has 0 aliphatic rings. The van der Waals surface area contributed by atoms with E-state index < -0.39 is 0 Å². The molecule has 2 rings (SSSR count). The monoisotopic (exact) mass is 313 g/mol. The molecule has 2 aromatic rings. The summed E-state index contributed by atoms with van der Waals surface area (Å²) in [5.74, 6) is 0.0977. The number of fused-ring (bicyclic) bond motifs is 1. The van der Waals surface area contributed by atoms with Gasteiger partial charge >= 0.3 is 0 Å². The second-order valence-corrected chi connectivity index (χ2v) is 6.49. The minimum atomic E-state index is -0.324. The summed E-state index contributed by atoms with van der Waals surface area (Å²) >= 11 is 3.20. The van der Waals surface area contributed by atoms with Crippen LogP contribution in [0.2, 0.25) is 0 Å². The van der Waals surface area contributed by atoms with E-state index in [9.17, 15) is 4.39 Å². The number of nitrogens with zero attached hydrogens (tertiary/aromatic N) is 2. The van der Waals surface area contributed by atoms with Gasteiger partial charge in [0, 0.05) is 12.1 Å². The fourth-order valence-electron chi connectivity index (χ4n) is 1.90. The van der Waals surface area contributed by atoms with Crippen molar-refractivity contribution in [1.29, 1.82) is 0 Å². The number of aromatic nitrogens is 2. The maximum Gasteiger partial charge on any atom is 0.201 e. The molecule has 0 aliphatic heterocycles. The van der Waals surface area contributed by atoms with E-state index in [1.807, 2.05) is 4.57 Å². The lowest BCUT2D eigenvalue weighted by molar-refractivity contribution is 0.270. The molecule has 0 amide bonds. The second kappa shape index (κ2) is 4.23. The highest BCUT2D eigenvalue weighted by Gasteiger charge is 2.25. The Morgan fingerprint density at radius 1 is 1.39 bits per heavy atom. The van der Waals surface area contributed by atoms with E-state index in [-0.39, 0.29) is 17.3 Å². The SMILES string of the molecule is CC(n1c(N)nc2cc(F)c(Br)cc21)C(C)(C)C. The molecule has 1 heterocycles. The van der Waals surface area contributed by atoms with Gasteiger partial charge in [0.15, 0.2) is 0 Å². The van der Waals surface area contributed by atoms with E-state index in [0.717, 1.165) is 5.52 Å². The Bertz CT molecular complexity index is 598. The van der Waals surface area contributed by atoms with Crippen LogP contribution < -0.4 is 5.73 Å². The molecule has 0 radical (unpaired) electrons. The molecule has 0 saturated carbocycles. The number of nitrogens with two attached hydrogens (primary N) is 1. The summed E-state index contributed by atoms with van der Waals surface area (Å²) in [6.07, 6.45) is 0. The molecule has 18 heavy (non-hydrogen) atoms. The van der Waals surface area contributed by atoms with Gasteiger partial charge in [0.05, 0.1) is 15.5 Å². The highest BCUT2D eigenvalue weighted by molar-refractivity contribution is 9.10. The summed E-state index contributed by atoms with van der Waals surface area (Å²) < 4.78 is 15.9. The standard InChI is InChI=1S/C13H17BrFN3/c1-7(13(2,3)4)18-11-5-8(14)9(15)6-10(11)17-12(18)16/h5-7H,1-4H3,(H2,16,17). The minimum Gasteiger partial charge on any atom is -0.369 e. The van der Waals surface area contributed by atoms with Crippen LogP contribution in [0.1, 0.15) is 33.7 Å². The first-order valence-corrected chi connectivity index (χ1v) is 6.63. The van der Waals surface area contributed by atoms with E-state index in [0.29, 0.717) is 15.9 Å². The summed E-state index contributed by atoms with van der Waals surface area (Å²) in [4.78, 5) is 4.23. The number of anilines is 1. The van der Waals surface area contributed by atoms with Crippen molar-refractivity contribution in [2.75, 3.05) is 5.73 Å². The smallest absolute Gasteiger partial charge is 0.201 e. The molecule has 1 atom stereocenters. The lowest BCUT2D eigenvalue weighted by Gasteiger charge is -2.29. The van der Waals surface area contributed by atoms with E-state index >= 15 is 0 Å². The molecule has 0 fully saturated rings. The van der Waals surface area contributed by atoms with Crippen LogP contribution in [0.5, 0.6) is 0 Å². The molecular formula is C13H17BrFN3. The van der Waals surface area contributed by atoms with Crippen LogP contribution in [0, 0.1) is 11.2 Å². The third kappa shape index (κ3) is 2.11. The van der Waals surface area contributed by atoms with Crippen LogP contribution in [-0.2, 0) is 0 Å². The van der Waals surface area contributed by atoms with Gasteiger partial charge in [-0.3, -0.25) is 0 Å². The number of hydrogen-bond donors (Lipinski definition) is 1. The number of rotatable bonds is 1. The van der Waals surface area contributed by atoms with Crippen LogP contribution in [0.15, 0.2) is 16.6 Å². The van der Waals surface area contributed by atoms with Gasteiger partial charge in [-0.2, -0.15) is 0 Å².